The van der Waals surface area contributed by atoms with Gasteiger partial charge in [0.1, 0.15) is 6.61 Å². The van der Waals surface area contributed by atoms with Crippen molar-refractivity contribution in [3.8, 4) is 0 Å². The molecule has 0 aromatic rings. The fourth-order valence-corrected chi connectivity index (χ4v) is 0.903. The van der Waals surface area contributed by atoms with Gasteiger partial charge in [-0.2, -0.15) is 0 Å². The number of ether oxygens (including phenoxy) is 3. The summed E-state index contributed by atoms with van der Waals surface area (Å²) in [6.45, 7) is 4.05. The summed E-state index contributed by atoms with van der Waals surface area (Å²) in [5.74, 6) is -0.0332. The van der Waals surface area contributed by atoms with E-state index in [0.29, 0.717) is 33.0 Å². The van der Waals surface area contributed by atoms with Gasteiger partial charge < -0.3 is 24.8 Å². The predicted octanol–water partition coefficient (Wildman–Crippen LogP) is -0.674. The molecular weight excluding hydrogens is 226 g/mol. The largest absolute Gasteiger partial charge is 0.463 e. The first-order valence-electron chi connectivity index (χ1n) is 5.46. The summed E-state index contributed by atoms with van der Waals surface area (Å²) >= 11 is 0. The van der Waals surface area contributed by atoms with Crippen molar-refractivity contribution in [2.45, 2.75) is 6.92 Å². The normalized spacial score (nSPS) is 9.76. The summed E-state index contributed by atoms with van der Waals surface area (Å²) < 4.78 is 15.1. The molecule has 0 spiro atoms. The van der Waals surface area contributed by atoms with Crippen LogP contribution < -0.4 is 10.6 Å². The number of esters is 1. The molecule has 0 atom stereocenters. The van der Waals surface area contributed by atoms with E-state index in [-0.39, 0.29) is 18.5 Å². The molecule has 7 nitrogen and oxygen atoms in total. The number of hydrogen-bond acceptors (Lipinski definition) is 5. The first-order valence-corrected chi connectivity index (χ1v) is 5.46. The maximum Gasteiger partial charge on any atom is 0.302 e. The van der Waals surface area contributed by atoms with Crippen LogP contribution in [-0.2, 0) is 19.0 Å². The molecule has 0 rings (SSSR count). The minimum absolute atomic E-state index is 0.270. The molecular formula is C10H21N3O4. The molecule has 0 aromatic carbocycles. The Balaban J connectivity index is 3.03. The number of nitrogens with one attached hydrogen (secondary N) is 3. The second kappa shape index (κ2) is 11.2. The third kappa shape index (κ3) is 12.6. The Hall–Kier alpha value is -1.34. The molecule has 0 amide bonds. The van der Waals surface area contributed by atoms with E-state index < -0.39 is 0 Å². The average molecular weight is 247 g/mol. The lowest BCUT2D eigenvalue weighted by molar-refractivity contribution is -0.142. The van der Waals surface area contributed by atoms with Gasteiger partial charge in [-0.15, -0.1) is 0 Å². The SMILES string of the molecule is CNC(=N)NCCOCCOCCOC(C)=O. The second-order valence-corrected chi connectivity index (χ2v) is 3.12. The molecule has 0 fully saturated rings. The van der Waals surface area contributed by atoms with Gasteiger partial charge in [0, 0.05) is 20.5 Å². The zero-order chi connectivity index (χ0) is 12.9. The number of guanidine groups is 1. The van der Waals surface area contributed by atoms with Crippen molar-refractivity contribution in [3.63, 3.8) is 0 Å². The summed E-state index contributed by atoms with van der Waals surface area (Å²) in [6, 6.07) is 0. The van der Waals surface area contributed by atoms with Crippen molar-refractivity contribution >= 4 is 11.9 Å². The second-order valence-electron chi connectivity index (χ2n) is 3.12. The minimum atomic E-state index is -0.303. The zero-order valence-electron chi connectivity index (χ0n) is 10.4. The molecule has 17 heavy (non-hydrogen) atoms. The lowest BCUT2D eigenvalue weighted by Crippen LogP contribution is -2.35. The van der Waals surface area contributed by atoms with Crippen LogP contribution in [0.25, 0.3) is 0 Å². The van der Waals surface area contributed by atoms with E-state index in [1.54, 1.807) is 7.05 Å². The molecule has 0 unspecified atom stereocenters. The third-order valence-corrected chi connectivity index (χ3v) is 1.70. The van der Waals surface area contributed by atoms with Crippen molar-refractivity contribution in [2.75, 3.05) is 46.6 Å². The highest BCUT2D eigenvalue weighted by Crippen LogP contribution is 1.81. The van der Waals surface area contributed by atoms with Crippen LogP contribution >= 0.6 is 0 Å². The van der Waals surface area contributed by atoms with E-state index >= 15 is 0 Å². The van der Waals surface area contributed by atoms with E-state index in [0.717, 1.165) is 0 Å². The van der Waals surface area contributed by atoms with Gasteiger partial charge in [0.05, 0.1) is 26.4 Å². The Bertz CT molecular complexity index is 224. The third-order valence-electron chi connectivity index (χ3n) is 1.70. The molecule has 0 aliphatic carbocycles. The number of carbonyl (C=O) groups excluding carboxylic acids is 1. The summed E-state index contributed by atoms with van der Waals surface area (Å²) in [4.78, 5) is 10.4. The first-order chi connectivity index (χ1) is 8.16. The van der Waals surface area contributed by atoms with Crippen LogP contribution in [0.4, 0.5) is 0 Å². The smallest absolute Gasteiger partial charge is 0.302 e. The van der Waals surface area contributed by atoms with Crippen molar-refractivity contribution < 1.29 is 19.0 Å². The minimum Gasteiger partial charge on any atom is -0.463 e. The van der Waals surface area contributed by atoms with E-state index in [1.165, 1.54) is 6.92 Å². The van der Waals surface area contributed by atoms with Crippen LogP contribution in [0.5, 0.6) is 0 Å². The van der Waals surface area contributed by atoms with Gasteiger partial charge in [-0.05, 0) is 0 Å². The molecule has 0 bridgehead atoms. The van der Waals surface area contributed by atoms with Crippen LogP contribution in [-0.4, -0.2) is 58.6 Å². The molecule has 0 saturated heterocycles. The molecule has 7 heteroatoms. The van der Waals surface area contributed by atoms with Crippen molar-refractivity contribution in [2.24, 2.45) is 0 Å². The van der Waals surface area contributed by atoms with Crippen LogP contribution in [0.2, 0.25) is 0 Å². The Morgan fingerprint density at radius 3 is 2.29 bits per heavy atom. The number of carbonyl (C=O) groups is 1. The van der Waals surface area contributed by atoms with Gasteiger partial charge in [0.25, 0.3) is 0 Å². The average Bonchev–Trinajstić information content (AvgIpc) is 2.30. The topological polar surface area (TPSA) is 92.7 Å². The zero-order valence-corrected chi connectivity index (χ0v) is 10.4. The van der Waals surface area contributed by atoms with E-state index in [4.69, 9.17) is 14.9 Å². The van der Waals surface area contributed by atoms with Crippen LogP contribution in [0.1, 0.15) is 6.92 Å². The summed E-state index contributed by atoms with van der Waals surface area (Å²) in [6.07, 6.45) is 0. The summed E-state index contributed by atoms with van der Waals surface area (Å²) in [5, 5.41) is 12.7. The van der Waals surface area contributed by atoms with Gasteiger partial charge in [0.15, 0.2) is 5.96 Å². The highest BCUT2D eigenvalue weighted by atomic mass is 16.6. The highest BCUT2D eigenvalue weighted by molar-refractivity contribution is 5.75. The molecule has 0 aromatic heterocycles. The van der Waals surface area contributed by atoms with Gasteiger partial charge in [-0.3, -0.25) is 10.2 Å². The first kappa shape index (κ1) is 15.7. The Morgan fingerprint density at radius 1 is 1.12 bits per heavy atom. The standard InChI is InChI=1S/C10H21N3O4/c1-9(14)17-8-7-16-6-5-15-4-3-13-10(11)12-2/h3-8H2,1-2H3,(H3,11,12,13). The number of rotatable bonds is 9. The molecule has 0 saturated carbocycles. The van der Waals surface area contributed by atoms with Gasteiger partial charge in [-0.1, -0.05) is 0 Å². The molecule has 3 N–H and O–H groups in total. The summed E-state index contributed by atoms with van der Waals surface area (Å²) in [7, 11) is 1.67. The molecule has 0 aliphatic heterocycles. The Kier molecular flexibility index (Phi) is 10.3. The Morgan fingerprint density at radius 2 is 1.71 bits per heavy atom. The monoisotopic (exact) mass is 247 g/mol. The predicted molar refractivity (Wildman–Crippen MR) is 63.1 cm³/mol. The number of hydrogen-bond donors (Lipinski definition) is 3. The fraction of sp³-hybridized carbons (Fsp3) is 0.800. The van der Waals surface area contributed by atoms with E-state index in [2.05, 4.69) is 15.4 Å². The van der Waals surface area contributed by atoms with E-state index in [9.17, 15) is 4.79 Å². The molecule has 0 heterocycles. The van der Waals surface area contributed by atoms with Gasteiger partial charge >= 0.3 is 5.97 Å². The van der Waals surface area contributed by atoms with Crippen molar-refractivity contribution in [1.29, 1.82) is 5.41 Å². The Labute approximate surface area is 101 Å². The van der Waals surface area contributed by atoms with E-state index in [1.807, 2.05) is 0 Å². The highest BCUT2D eigenvalue weighted by Gasteiger charge is 1.94. The van der Waals surface area contributed by atoms with Gasteiger partial charge in [0.2, 0.25) is 0 Å². The fourth-order valence-electron chi connectivity index (χ4n) is 0.903. The van der Waals surface area contributed by atoms with Gasteiger partial charge in [-0.25, -0.2) is 0 Å². The van der Waals surface area contributed by atoms with Crippen molar-refractivity contribution in [1.82, 2.24) is 10.6 Å². The maximum atomic E-state index is 10.4. The van der Waals surface area contributed by atoms with Crippen LogP contribution in [0.3, 0.4) is 0 Å². The van der Waals surface area contributed by atoms with Crippen LogP contribution in [0.15, 0.2) is 0 Å². The summed E-state index contributed by atoms with van der Waals surface area (Å²) in [5.41, 5.74) is 0. The maximum absolute atomic E-state index is 10.4. The molecule has 100 valence electrons. The quantitative estimate of drug-likeness (QED) is 0.216. The lowest BCUT2D eigenvalue weighted by Gasteiger charge is -2.08. The van der Waals surface area contributed by atoms with Crippen molar-refractivity contribution in [3.05, 3.63) is 0 Å². The van der Waals surface area contributed by atoms with Crippen LogP contribution in [0, 0.1) is 5.41 Å². The molecule has 0 radical (unpaired) electrons. The molecule has 0 aliphatic rings. The lowest BCUT2D eigenvalue weighted by atomic mass is 10.6.